The molecule has 30 heavy (non-hydrogen) atoms. The first-order chi connectivity index (χ1) is 14.2. The summed E-state index contributed by atoms with van der Waals surface area (Å²) in [5.74, 6) is 2.04. The number of nitrogens with one attached hydrogen (secondary N) is 1. The molecular weight excluding hydrogens is 494 g/mol. The van der Waals surface area contributed by atoms with E-state index in [0.29, 0.717) is 12.5 Å². The molecule has 2 fully saturated rings. The first-order valence-corrected chi connectivity index (χ1v) is 10.4. The molecule has 2 aromatic rings. The molecule has 6 nitrogen and oxygen atoms in total. The molecule has 0 radical (unpaired) electrons. The van der Waals surface area contributed by atoms with Gasteiger partial charge in [-0.3, -0.25) is 0 Å². The van der Waals surface area contributed by atoms with Crippen molar-refractivity contribution in [1.29, 1.82) is 0 Å². The molecule has 1 aromatic carbocycles. The van der Waals surface area contributed by atoms with Crippen LogP contribution in [0.5, 0.6) is 0 Å². The lowest BCUT2D eigenvalue weighted by Crippen LogP contribution is -2.46. The Balaban J connectivity index is 0.00000256. The van der Waals surface area contributed by atoms with Gasteiger partial charge in [0.15, 0.2) is 5.96 Å². The average molecular weight is 524 g/mol. The Morgan fingerprint density at radius 2 is 1.80 bits per heavy atom. The number of halogens is 2. The molecule has 1 saturated heterocycles. The van der Waals surface area contributed by atoms with Gasteiger partial charge in [0.25, 0.3) is 0 Å². The van der Waals surface area contributed by atoms with E-state index in [1.807, 2.05) is 24.4 Å². The molecule has 1 aromatic heterocycles. The second-order valence-corrected chi connectivity index (χ2v) is 7.85. The number of anilines is 2. The summed E-state index contributed by atoms with van der Waals surface area (Å²) in [7, 11) is 0. The number of guanidine groups is 1. The fourth-order valence-electron chi connectivity index (χ4n) is 3.76. The van der Waals surface area contributed by atoms with Gasteiger partial charge in [0, 0.05) is 44.6 Å². The van der Waals surface area contributed by atoms with E-state index in [4.69, 9.17) is 5.73 Å². The molecule has 0 spiro atoms. The number of pyridine rings is 1. The lowest BCUT2D eigenvalue weighted by atomic mass is 9.85. The third-order valence-electron chi connectivity index (χ3n) is 5.83. The number of hydrogen-bond donors (Lipinski definition) is 2. The maximum atomic E-state index is 13.1. The molecule has 0 amide bonds. The molecular formula is C22H30FIN6. The van der Waals surface area contributed by atoms with Gasteiger partial charge in [-0.25, -0.2) is 14.4 Å². The van der Waals surface area contributed by atoms with Crippen molar-refractivity contribution in [1.82, 2.24) is 10.3 Å². The smallest absolute Gasteiger partial charge is 0.188 e. The lowest BCUT2D eigenvalue weighted by Gasteiger charge is -2.36. The van der Waals surface area contributed by atoms with E-state index in [1.165, 1.54) is 31.4 Å². The first kappa shape index (κ1) is 22.6. The Bertz CT molecular complexity index is 832. The van der Waals surface area contributed by atoms with Crippen molar-refractivity contribution in [3.8, 4) is 0 Å². The summed E-state index contributed by atoms with van der Waals surface area (Å²) in [6.07, 6.45) is 5.76. The predicted octanol–water partition coefficient (Wildman–Crippen LogP) is 3.37. The van der Waals surface area contributed by atoms with Crippen LogP contribution in [0.3, 0.4) is 0 Å². The Kier molecular flexibility index (Phi) is 8.12. The van der Waals surface area contributed by atoms with Crippen molar-refractivity contribution in [3.63, 3.8) is 0 Å². The van der Waals surface area contributed by atoms with Crippen molar-refractivity contribution in [3.05, 3.63) is 54.0 Å². The van der Waals surface area contributed by atoms with E-state index < -0.39 is 0 Å². The molecule has 2 heterocycles. The minimum Gasteiger partial charge on any atom is -0.370 e. The molecule has 2 aliphatic rings. The van der Waals surface area contributed by atoms with Gasteiger partial charge < -0.3 is 20.9 Å². The second-order valence-electron chi connectivity index (χ2n) is 7.85. The molecule has 4 rings (SSSR count). The average Bonchev–Trinajstić information content (AvgIpc) is 2.72. The fourth-order valence-corrected chi connectivity index (χ4v) is 3.76. The largest absolute Gasteiger partial charge is 0.370 e. The Morgan fingerprint density at radius 1 is 1.10 bits per heavy atom. The molecule has 1 saturated carbocycles. The van der Waals surface area contributed by atoms with Gasteiger partial charge in [-0.05, 0) is 60.7 Å². The molecule has 162 valence electrons. The highest BCUT2D eigenvalue weighted by atomic mass is 127. The summed E-state index contributed by atoms with van der Waals surface area (Å²) in [6, 6.07) is 10.8. The van der Waals surface area contributed by atoms with Gasteiger partial charge in [0.2, 0.25) is 0 Å². The van der Waals surface area contributed by atoms with Crippen LogP contribution in [0.2, 0.25) is 0 Å². The summed E-state index contributed by atoms with van der Waals surface area (Å²) in [6.45, 7) is 5.00. The zero-order chi connectivity index (χ0) is 20.1. The highest BCUT2D eigenvalue weighted by Crippen LogP contribution is 2.25. The molecule has 8 heteroatoms. The minimum absolute atomic E-state index is 0. The van der Waals surface area contributed by atoms with E-state index in [-0.39, 0.29) is 29.8 Å². The van der Waals surface area contributed by atoms with E-state index >= 15 is 0 Å². The van der Waals surface area contributed by atoms with Crippen molar-refractivity contribution in [2.45, 2.75) is 25.8 Å². The van der Waals surface area contributed by atoms with Crippen LogP contribution >= 0.6 is 24.0 Å². The van der Waals surface area contributed by atoms with Crippen molar-refractivity contribution >= 4 is 41.4 Å². The van der Waals surface area contributed by atoms with Gasteiger partial charge in [-0.1, -0.05) is 6.42 Å². The fraction of sp³-hybridized carbons (Fsp3) is 0.455. The molecule has 0 bridgehead atoms. The second kappa shape index (κ2) is 10.8. The first-order valence-electron chi connectivity index (χ1n) is 10.4. The number of aromatic nitrogens is 1. The van der Waals surface area contributed by atoms with Crippen LogP contribution in [-0.4, -0.2) is 43.7 Å². The topological polar surface area (TPSA) is 69.8 Å². The normalized spacial score (nSPS) is 17.3. The Labute approximate surface area is 194 Å². The van der Waals surface area contributed by atoms with Gasteiger partial charge in [0.1, 0.15) is 11.6 Å². The minimum atomic E-state index is -0.199. The number of rotatable bonds is 6. The summed E-state index contributed by atoms with van der Waals surface area (Å²) in [5.41, 5.74) is 8.16. The van der Waals surface area contributed by atoms with Gasteiger partial charge in [-0.15, -0.1) is 24.0 Å². The Morgan fingerprint density at radius 3 is 2.47 bits per heavy atom. The summed E-state index contributed by atoms with van der Waals surface area (Å²) in [5, 5.41) is 3.23. The van der Waals surface area contributed by atoms with Gasteiger partial charge in [0.05, 0.1) is 6.54 Å². The van der Waals surface area contributed by atoms with E-state index in [1.54, 1.807) is 0 Å². The Hall–Kier alpha value is -2.10. The molecule has 1 aliphatic carbocycles. The van der Waals surface area contributed by atoms with Crippen molar-refractivity contribution in [2.24, 2.45) is 16.6 Å². The van der Waals surface area contributed by atoms with E-state index in [0.717, 1.165) is 55.7 Å². The lowest BCUT2D eigenvalue weighted by molar-refractivity contribution is 0.315. The number of nitrogens with two attached hydrogens (primary N) is 1. The summed E-state index contributed by atoms with van der Waals surface area (Å²) in [4.78, 5) is 13.6. The maximum absolute atomic E-state index is 13.1. The monoisotopic (exact) mass is 524 g/mol. The zero-order valence-corrected chi connectivity index (χ0v) is 19.5. The number of benzene rings is 1. The van der Waals surface area contributed by atoms with Crippen LogP contribution in [0.4, 0.5) is 15.9 Å². The SMILES string of the molecule is I.NC(=NCc1ccnc(N2CCN(c3ccc(F)cc3)CC2)c1)NCC1CCC1. The van der Waals surface area contributed by atoms with Crippen molar-refractivity contribution in [2.75, 3.05) is 42.5 Å². The number of piperazine rings is 1. The quantitative estimate of drug-likeness (QED) is 0.345. The predicted molar refractivity (Wildman–Crippen MR) is 131 cm³/mol. The van der Waals surface area contributed by atoms with Gasteiger partial charge >= 0.3 is 0 Å². The maximum Gasteiger partial charge on any atom is 0.188 e. The molecule has 3 N–H and O–H groups in total. The number of nitrogens with zero attached hydrogens (tertiary/aromatic N) is 4. The number of hydrogen-bond acceptors (Lipinski definition) is 4. The van der Waals surface area contributed by atoms with Crippen LogP contribution in [0, 0.1) is 11.7 Å². The standard InChI is InChI=1S/C22H29FN6.HI/c23-19-4-6-20(7-5-19)28-10-12-29(13-11-28)21-14-18(8-9-25-21)16-27-22(24)26-15-17-2-1-3-17;/h4-9,14,17H,1-3,10-13,15-16H2,(H3,24,26,27);1H. The third kappa shape index (κ3) is 5.96. The van der Waals surface area contributed by atoms with Crippen molar-refractivity contribution < 1.29 is 4.39 Å². The van der Waals surface area contributed by atoms with E-state index in [9.17, 15) is 4.39 Å². The highest BCUT2D eigenvalue weighted by molar-refractivity contribution is 14.0. The molecule has 1 aliphatic heterocycles. The summed E-state index contributed by atoms with van der Waals surface area (Å²) < 4.78 is 13.1. The van der Waals surface area contributed by atoms with Crippen LogP contribution in [0.15, 0.2) is 47.6 Å². The third-order valence-corrected chi connectivity index (χ3v) is 5.83. The van der Waals surface area contributed by atoms with Crippen LogP contribution in [0.1, 0.15) is 24.8 Å². The molecule has 0 unspecified atom stereocenters. The summed E-state index contributed by atoms with van der Waals surface area (Å²) >= 11 is 0. The van der Waals surface area contributed by atoms with Gasteiger partial charge in [-0.2, -0.15) is 0 Å². The highest BCUT2D eigenvalue weighted by Gasteiger charge is 2.19. The van der Waals surface area contributed by atoms with E-state index in [2.05, 4.69) is 31.2 Å². The van der Waals surface area contributed by atoms with Crippen LogP contribution in [-0.2, 0) is 6.54 Å². The molecule has 0 atom stereocenters. The number of aliphatic imine (C=N–C) groups is 1. The van der Waals surface area contributed by atoms with Crippen LogP contribution in [0.25, 0.3) is 0 Å². The van der Waals surface area contributed by atoms with Crippen LogP contribution < -0.4 is 20.9 Å². The zero-order valence-electron chi connectivity index (χ0n) is 17.1.